The zero-order valence-corrected chi connectivity index (χ0v) is 15.1. The summed E-state index contributed by atoms with van der Waals surface area (Å²) in [5, 5.41) is 7.93. The second kappa shape index (κ2) is 5.76. The number of nitrogens with two attached hydrogens (primary N) is 1. The number of aromatic nitrogens is 2. The maximum Gasteiger partial charge on any atom is 0.229 e. The largest absolute Gasteiger partial charge is 0.383 e. The topological polar surface area (TPSA) is 92.9 Å². The fourth-order valence-electron chi connectivity index (χ4n) is 4.01. The van der Waals surface area contributed by atoms with Crippen LogP contribution in [0.2, 0.25) is 0 Å². The fourth-order valence-corrected chi connectivity index (χ4v) is 4.01. The molecule has 6 nitrogen and oxygen atoms in total. The second-order valence-electron chi connectivity index (χ2n) is 7.71. The van der Waals surface area contributed by atoms with Gasteiger partial charge in [-0.05, 0) is 36.4 Å². The van der Waals surface area contributed by atoms with Gasteiger partial charge in [-0.3, -0.25) is 4.79 Å². The van der Waals surface area contributed by atoms with Gasteiger partial charge < -0.3 is 16.4 Å². The van der Waals surface area contributed by atoms with Crippen molar-refractivity contribution in [2.45, 2.75) is 13.3 Å². The highest BCUT2D eigenvalue weighted by atomic mass is 16.2. The summed E-state index contributed by atoms with van der Waals surface area (Å²) < 4.78 is 0. The number of aryl methyl sites for hydroxylation is 1. The van der Waals surface area contributed by atoms with Crippen LogP contribution < -0.4 is 16.4 Å². The molecule has 3 aromatic rings. The van der Waals surface area contributed by atoms with Crippen LogP contribution in [0.5, 0.6) is 0 Å². The molecule has 0 bridgehead atoms. The Hall–Kier alpha value is -2.99. The molecule has 1 saturated carbocycles. The Balaban J connectivity index is 1.47. The lowest BCUT2D eigenvalue weighted by atomic mass is 9.96. The van der Waals surface area contributed by atoms with Crippen molar-refractivity contribution >= 4 is 28.3 Å². The van der Waals surface area contributed by atoms with Gasteiger partial charge in [-0.25, -0.2) is 9.97 Å². The summed E-state index contributed by atoms with van der Waals surface area (Å²) in [5.41, 5.74) is 9.38. The molecule has 1 aromatic carbocycles. The lowest BCUT2D eigenvalue weighted by Gasteiger charge is -2.28. The van der Waals surface area contributed by atoms with E-state index in [1.165, 1.54) is 0 Å². The molecule has 3 heterocycles. The molecule has 0 radical (unpaired) electrons. The Morgan fingerprint density at radius 2 is 2.11 bits per heavy atom. The normalized spacial score (nSPS) is 19.7. The van der Waals surface area contributed by atoms with Crippen LogP contribution in [0, 0.1) is 18.3 Å². The van der Waals surface area contributed by atoms with E-state index in [0.717, 1.165) is 47.1 Å². The minimum atomic E-state index is 0.0597. The first-order valence-electron chi connectivity index (χ1n) is 9.20. The van der Waals surface area contributed by atoms with E-state index in [2.05, 4.69) is 33.6 Å². The first-order chi connectivity index (χ1) is 13.1. The smallest absolute Gasteiger partial charge is 0.229 e. The van der Waals surface area contributed by atoms with E-state index in [4.69, 9.17) is 5.73 Å². The second-order valence-corrected chi connectivity index (χ2v) is 7.71. The van der Waals surface area contributed by atoms with Gasteiger partial charge in [-0.2, -0.15) is 0 Å². The molecule has 27 heavy (non-hydrogen) atoms. The molecule has 1 atom stereocenters. The van der Waals surface area contributed by atoms with Crippen molar-refractivity contribution in [1.29, 1.82) is 0 Å². The van der Waals surface area contributed by atoms with Gasteiger partial charge in [0.25, 0.3) is 0 Å². The molecule has 1 aliphatic heterocycles. The van der Waals surface area contributed by atoms with E-state index >= 15 is 0 Å². The summed E-state index contributed by atoms with van der Waals surface area (Å²) in [7, 11) is 0. The Kier molecular flexibility index (Phi) is 3.45. The number of hydrogen-bond donors (Lipinski definition) is 3. The van der Waals surface area contributed by atoms with Gasteiger partial charge in [-0.1, -0.05) is 24.3 Å². The van der Waals surface area contributed by atoms with Gasteiger partial charge in [0, 0.05) is 41.6 Å². The maximum absolute atomic E-state index is 12.5. The number of fused-ring (bicyclic) bond motifs is 1. The van der Waals surface area contributed by atoms with Crippen LogP contribution in [-0.2, 0) is 4.79 Å². The summed E-state index contributed by atoms with van der Waals surface area (Å²) >= 11 is 0. The SMILES string of the molecule is Cc1ccccc1-c1cc2cc(NC(=O)C3CC34CNC4)ncc2c(N)n1. The number of benzene rings is 1. The number of nitrogens with zero attached hydrogens (tertiary/aromatic N) is 2. The van der Waals surface area contributed by atoms with Gasteiger partial charge >= 0.3 is 0 Å². The highest BCUT2D eigenvalue weighted by Gasteiger charge is 2.61. The van der Waals surface area contributed by atoms with Crippen molar-refractivity contribution in [2.24, 2.45) is 11.3 Å². The fraction of sp³-hybridized carbons (Fsp3) is 0.286. The third-order valence-electron chi connectivity index (χ3n) is 5.88. The van der Waals surface area contributed by atoms with Crippen molar-refractivity contribution in [3.63, 3.8) is 0 Å². The molecule has 6 heteroatoms. The van der Waals surface area contributed by atoms with Crippen LogP contribution in [0.4, 0.5) is 11.6 Å². The number of pyridine rings is 2. The minimum absolute atomic E-state index is 0.0597. The van der Waals surface area contributed by atoms with E-state index in [1.54, 1.807) is 6.20 Å². The van der Waals surface area contributed by atoms with Crippen molar-refractivity contribution in [1.82, 2.24) is 15.3 Å². The summed E-state index contributed by atoms with van der Waals surface area (Å²) in [6.07, 6.45) is 2.65. The molecule has 2 aliphatic rings. The van der Waals surface area contributed by atoms with Gasteiger partial charge in [0.2, 0.25) is 5.91 Å². The summed E-state index contributed by atoms with van der Waals surface area (Å²) in [6.45, 7) is 3.94. The van der Waals surface area contributed by atoms with Gasteiger partial charge in [0.05, 0.1) is 5.69 Å². The number of amides is 1. The number of nitrogen functional groups attached to an aromatic ring is 1. The Bertz CT molecular complexity index is 1070. The van der Waals surface area contributed by atoms with Crippen LogP contribution in [-0.4, -0.2) is 29.0 Å². The monoisotopic (exact) mass is 359 g/mol. The molecule has 136 valence electrons. The summed E-state index contributed by atoms with van der Waals surface area (Å²) in [6, 6.07) is 12.0. The molecule has 4 N–H and O–H groups in total. The molecule has 1 saturated heterocycles. The number of nitrogens with one attached hydrogen (secondary N) is 2. The lowest BCUT2D eigenvalue weighted by Crippen LogP contribution is -2.46. The third kappa shape index (κ3) is 2.64. The van der Waals surface area contributed by atoms with E-state index in [1.807, 2.05) is 30.3 Å². The molecule has 2 aromatic heterocycles. The van der Waals surface area contributed by atoms with E-state index in [0.29, 0.717) is 11.6 Å². The molecular formula is C21H21N5O. The van der Waals surface area contributed by atoms with Crippen LogP contribution in [0.1, 0.15) is 12.0 Å². The van der Waals surface area contributed by atoms with Crippen LogP contribution >= 0.6 is 0 Å². The van der Waals surface area contributed by atoms with Crippen molar-refractivity contribution in [3.8, 4) is 11.3 Å². The molecular weight excluding hydrogens is 338 g/mol. The number of anilines is 2. The first kappa shape index (κ1) is 16.2. The quantitative estimate of drug-likeness (QED) is 0.669. The number of rotatable bonds is 3. The van der Waals surface area contributed by atoms with Crippen molar-refractivity contribution < 1.29 is 4.79 Å². The zero-order valence-electron chi connectivity index (χ0n) is 15.1. The Morgan fingerprint density at radius 3 is 2.81 bits per heavy atom. The van der Waals surface area contributed by atoms with E-state index < -0.39 is 0 Å². The highest BCUT2D eigenvalue weighted by Crippen LogP contribution is 2.55. The molecule has 2 fully saturated rings. The standard InChI is InChI=1S/C21H21N5O/c1-12-4-2-3-5-14(12)17-6-13-7-18(24-9-15(13)19(22)25-17)26-20(27)16-8-21(16)10-23-11-21/h2-7,9,16,23H,8,10-11H2,1H3,(H2,22,25)(H,24,26,27). The van der Waals surface area contributed by atoms with Crippen LogP contribution in [0.25, 0.3) is 22.0 Å². The van der Waals surface area contributed by atoms with Crippen LogP contribution in [0.3, 0.4) is 0 Å². The first-order valence-corrected chi connectivity index (χ1v) is 9.20. The third-order valence-corrected chi connectivity index (χ3v) is 5.88. The predicted molar refractivity (Wildman–Crippen MR) is 106 cm³/mol. The zero-order chi connectivity index (χ0) is 18.6. The van der Waals surface area contributed by atoms with Gasteiger partial charge in [0.15, 0.2) is 0 Å². The van der Waals surface area contributed by atoms with E-state index in [-0.39, 0.29) is 17.2 Å². The maximum atomic E-state index is 12.5. The molecule has 1 unspecified atom stereocenters. The van der Waals surface area contributed by atoms with Crippen molar-refractivity contribution in [2.75, 3.05) is 24.1 Å². The van der Waals surface area contributed by atoms with E-state index in [9.17, 15) is 4.79 Å². The number of carbonyl (C=O) groups is 1. The summed E-state index contributed by atoms with van der Waals surface area (Å²) in [5.74, 6) is 1.16. The molecule has 5 rings (SSSR count). The van der Waals surface area contributed by atoms with Gasteiger partial charge in [0.1, 0.15) is 11.6 Å². The highest BCUT2D eigenvalue weighted by molar-refractivity contribution is 5.99. The molecule has 1 aliphatic carbocycles. The Labute approximate surface area is 157 Å². The Morgan fingerprint density at radius 1 is 1.30 bits per heavy atom. The average Bonchev–Trinajstić information content (AvgIpc) is 3.38. The number of carbonyl (C=O) groups excluding carboxylic acids is 1. The predicted octanol–water partition coefficient (Wildman–Crippen LogP) is 2.74. The van der Waals surface area contributed by atoms with Crippen LogP contribution in [0.15, 0.2) is 42.6 Å². The molecule has 1 amide bonds. The van der Waals surface area contributed by atoms with Gasteiger partial charge in [-0.15, -0.1) is 0 Å². The minimum Gasteiger partial charge on any atom is -0.383 e. The molecule has 1 spiro atoms. The number of hydrogen-bond acceptors (Lipinski definition) is 5. The summed E-state index contributed by atoms with van der Waals surface area (Å²) in [4.78, 5) is 21.4. The van der Waals surface area contributed by atoms with Crippen molar-refractivity contribution in [3.05, 3.63) is 48.2 Å². The lowest BCUT2D eigenvalue weighted by molar-refractivity contribution is -0.118. The average molecular weight is 359 g/mol.